The van der Waals surface area contributed by atoms with Crippen molar-refractivity contribution in [2.45, 2.75) is 25.2 Å². The van der Waals surface area contributed by atoms with Crippen LogP contribution in [-0.4, -0.2) is 61.0 Å². The van der Waals surface area contributed by atoms with Crippen molar-refractivity contribution in [1.82, 2.24) is 10.2 Å². The number of aliphatic hydroxyl groups excluding tert-OH is 1. The zero-order valence-electron chi connectivity index (χ0n) is 8.07. The zero-order chi connectivity index (χ0) is 9.26. The Balaban J connectivity index is 1.73. The third-order valence-electron chi connectivity index (χ3n) is 2.90. The number of rotatable bonds is 3. The normalized spacial score (nSPS) is 36.5. The molecule has 0 aromatic rings. The fourth-order valence-electron chi connectivity index (χ4n) is 2.11. The molecule has 0 saturated carbocycles. The summed E-state index contributed by atoms with van der Waals surface area (Å²) in [7, 11) is 0. The van der Waals surface area contributed by atoms with Gasteiger partial charge in [0.1, 0.15) is 0 Å². The highest BCUT2D eigenvalue weighted by atomic mass is 16.5. The van der Waals surface area contributed by atoms with Gasteiger partial charge < -0.3 is 15.2 Å². The predicted molar refractivity (Wildman–Crippen MR) is 49.7 cm³/mol. The van der Waals surface area contributed by atoms with Crippen molar-refractivity contribution in [3.05, 3.63) is 0 Å². The summed E-state index contributed by atoms with van der Waals surface area (Å²) in [5.41, 5.74) is 0. The van der Waals surface area contributed by atoms with E-state index in [0.29, 0.717) is 12.1 Å². The van der Waals surface area contributed by atoms with Gasteiger partial charge in [0, 0.05) is 38.8 Å². The number of β-amino-alcohol motifs (C(OH)–C–C–N with tert-alkyl or cyclic N) is 1. The molecule has 13 heavy (non-hydrogen) atoms. The highest BCUT2D eigenvalue weighted by Crippen LogP contribution is 2.19. The van der Waals surface area contributed by atoms with Crippen molar-refractivity contribution in [1.29, 1.82) is 0 Å². The highest BCUT2D eigenvalue weighted by molar-refractivity contribution is 4.95. The molecule has 2 fully saturated rings. The number of hydrogen-bond donors (Lipinski definition) is 2. The zero-order valence-corrected chi connectivity index (χ0v) is 8.07. The van der Waals surface area contributed by atoms with Crippen LogP contribution in [0, 0.1) is 0 Å². The monoisotopic (exact) mass is 186 g/mol. The SMILES string of the molecule is CCOC1CN([C@@H]2CNC[C@H]2O)C1. The topological polar surface area (TPSA) is 44.7 Å². The molecular formula is C9H18N2O2. The second-order valence-corrected chi connectivity index (χ2v) is 3.82. The molecule has 2 rings (SSSR count). The molecule has 0 aromatic heterocycles. The Bertz CT molecular complexity index is 171. The molecule has 0 aliphatic carbocycles. The number of ether oxygens (including phenoxy) is 1. The van der Waals surface area contributed by atoms with Crippen molar-refractivity contribution in [3.8, 4) is 0 Å². The van der Waals surface area contributed by atoms with E-state index in [1.165, 1.54) is 0 Å². The van der Waals surface area contributed by atoms with Gasteiger partial charge in [0.2, 0.25) is 0 Å². The predicted octanol–water partition coefficient (Wildman–Crippen LogP) is -0.960. The molecule has 2 heterocycles. The third kappa shape index (κ3) is 1.86. The van der Waals surface area contributed by atoms with Crippen LogP contribution in [0.25, 0.3) is 0 Å². The minimum atomic E-state index is -0.192. The molecule has 2 aliphatic heterocycles. The van der Waals surface area contributed by atoms with Crippen LogP contribution < -0.4 is 5.32 Å². The van der Waals surface area contributed by atoms with Gasteiger partial charge in [-0.3, -0.25) is 4.90 Å². The van der Waals surface area contributed by atoms with E-state index in [1.807, 2.05) is 6.92 Å². The first-order valence-electron chi connectivity index (χ1n) is 5.05. The summed E-state index contributed by atoms with van der Waals surface area (Å²) in [5, 5.41) is 12.8. The van der Waals surface area contributed by atoms with Crippen molar-refractivity contribution in [2.24, 2.45) is 0 Å². The molecule has 0 radical (unpaired) electrons. The standard InChI is InChI=1S/C9H18N2O2/c1-2-13-7-5-11(6-7)8-3-10-4-9(8)12/h7-10,12H,2-6H2,1H3/t8-,9-/m1/s1. The van der Waals surface area contributed by atoms with E-state index in [0.717, 1.165) is 32.8 Å². The van der Waals surface area contributed by atoms with Gasteiger partial charge in [0.15, 0.2) is 0 Å². The molecule has 4 heteroatoms. The maximum absolute atomic E-state index is 9.60. The summed E-state index contributed by atoms with van der Waals surface area (Å²) in [6.45, 7) is 6.44. The Hall–Kier alpha value is -0.160. The van der Waals surface area contributed by atoms with Crippen LogP contribution in [0.1, 0.15) is 6.92 Å². The minimum absolute atomic E-state index is 0.192. The van der Waals surface area contributed by atoms with E-state index < -0.39 is 0 Å². The summed E-state index contributed by atoms with van der Waals surface area (Å²) in [5.74, 6) is 0. The maximum atomic E-state index is 9.60. The Morgan fingerprint density at radius 2 is 2.23 bits per heavy atom. The largest absolute Gasteiger partial charge is 0.390 e. The molecule has 0 aromatic carbocycles. The van der Waals surface area contributed by atoms with Crippen LogP contribution in [0.3, 0.4) is 0 Å². The first-order chi connectivity index (χ1) is 6.31. The third-order valence-corrected chi connectivity index (χ3v) is 2.90. The Morgan fingerprint density at radius 1 is 1.46 bits per heavy atom. The molecule has 2 N–H and O–H groups in total. The van der Waals surface area contributed by atoms with Crippen LogP contribution in [-0.2, 0) is 4.74 Å². The molecular weight excluding hydrogens is 168 g/mol. The molecule has 4 nitrogen and oxygen atoms in total. The summed E-state index contributed by atoms with van der Waals surface area (Å²) in [6.07, 6.45) is 0.209. The van der Waals surface area contributed by atoms with Crippen molar-refractivity contribution >= 4 is 0 Å². The molecule has 0 amide bonds. The highest BCUT2D eigenvalue weighted by Gasteiger charge is 2.38. The van der Waals surface area contributed by atoms with E-state index >= 15 is 0 Å². The summed E-state index contributed by atoms with van der Waals surface area (Å²) >= 11 is 0. The molecule has 2 atom stereocenters. The lowest BCUT2D eigenvalue weighted by Crippen LogP contribution is -2.59. The van der Waals surface area contributed by atoms with Gasteiger partial charge >= 0.3 is 0 Å². The average molecular weight is 186 g/mol. The summed E-state index contributed by atoms with van der Waals surface area (Å²) in [4.78, 5) is 2.30. The van der Waals surface area contributed by atoms with E-state index in [2.05, 4.69) is 10.2 Å². The summed E-state index contributed by atoms with van der Waals surface area (Å²) in [6, 6.07) is 0.316. The number of aliphatic hydroxyl groups is 1. The number of nitrogens with zero attached hydrogens (tertiary/aromatic N) is 1. The Labute approximate surface area is 78.9 Å². The maximum Gasteiger partial charge on any atom is 0.0831 e. The van der Waals surface area contributed by atoms with Gasteiger partial charge in [0.05, 0.1) is 12.2 Å². The molecule has 2 saturated heterocycles. The molecule has 0 bridgehead atoms. The number of likely N-dealkylation sites (tertiary alicyclic amines) is 1. The van der Waals surface area contributed by atoms with Crippen LogP contribution in [0.5, 0.6) is 0 Å². The second-order valence-electron chi connectivity index (χ2n) is 3.82. The van der Waals surface area contributed by atoms with Crippen molar-refractivity contribution < 1.29 is 9.84 Å². The van der Waals surface area contributed by atoms with E-state index in [4.69, 9.17) is 4.74 Å². The van der Waals surface area contributed by atoms with Gasteiger partial charge in [-0.25, -0.2) is 0 Å². The minimum Gasteiger partial charge on any atom is -0.390 e. The van der Waals surface area contributed by atoms with E-state index in [-0.39, 0.29) is 6.10 Å². The van der Waals surface area contributed by atoms with Crippen LogP contribution in [0.4, 0.5) is 0 Å². The lowest BCUT2D eigenvalue weighted by atomic mass is 10.1. The Kier molecular flexibility index (Phi) is 2.83. The summed E-state index contributed by atoms with van der Waals surface area (Å²) < 4.78 is 5.46. The molecule has 0 spiro atoms. The van der Waals surface area contributed by atoms with Crippen LogP contribution in [0.2, 0.25) is 0 Å². The first kappa shape index (κ1) is 9.40. The smallest absolute Gasteiger partial charge is 0.0831 e. The van der Waals surface area contributed by atoms with Crippen molar-refractivity contribution in [3.63, 3.8) is 0 Å². The quantitative estimate of drug-likeness (QED) is 0.596. The first-order valence-corrected chi connectivity index (χ1v) is 5.05. The fraction of sp³-hybridized carbons (Fsp3) is 1.00. The molecule has 76 valence electrons. The average Bonchev–Trinajstić information content (AvgIpc) is 2.43. The van der Waals surface area contributed by atoms with Gasteiger partial charge in [-0.15, -0.1) is 0 Å². The Morgan fingerprint density at radius 3 is 2.77 bits per heavy atom. The van der Waals surface area contributed by atoms with Crippen LogP contribution in [0.15, 0.2) is 0 Å². The van der Waals surface area contributed by atoms with E-state index in [9.17, 15) is 5.11 Å². The van der Waals surface area contributed by atoms with Crippen LogP contribution >= 0.6 is 0 Å². The fourth-order valence-corrected chi connectivity index (χ4v) is 2.11. The molecule has 2 aliphatic rings. The van der Waals surface area contributed by atoms with Gasteiger partial charge in [-0.2, -0.15) is 0 Å². The van der Waals surface area contributed by atoms with Crippen molar-refractivity contribution in [2.75, 3.05) is 32.8 Å². The van der Waals surface area contributed by atoms with E-state index in [1.54, 1.807) is 0 Å². The second kappa shape index (κ2) is 3.92. The lowest BCUT2D eigenvalue weighted by molar-refractivity contribution is -0.0802. The van der Waals surface area contributed by atoms with Gasteiger partial charge in [-0.1, -0.05) is 0 Å². The van der Waals surface area contributed by atoms with Gasteiger partial charge in [0.25, 0.3) is 0 Å². The number of hydrogen-bond acceptors (Lipinski definition) is 4. The van der Waals surface area contributed by atoms with Gasteiger partial charge in [-0.05, 0) is 6.92 Å². The molecule has 0 unspecified atom stereocenters. The number of nitrogens with one attached hydrogen (secondary N) is 1. The lowest BCUT2D eigenvalue weighted by Gasteiger charge is -2.43.